The highest BCUT2D eigenvalue weighted by Gasteiger charge is 2.37. The first kappa shape index (κ1) is 21.7. The molecule has 1 heterocycles. The normalized spacial score (nSPS) is 16.4. The lowest BCUT2D eigenvalue weighted by atomic mass is 10.1. The van der Waals surface area contributed by atoms with Crippen LogP contribution in [0.3, 0.4) is 0 Å². The van der Waals surface area contributed by atoms with Crippen molar-refractivity contribution in [3.63, 3.8) is 0 Å². The molecule has 5 nitrogen and oxygen atoms in total. The van der Waals surface area contributed by atoms with Crippen LogP contribution in [0.1, 0.15) is 24.9 Å². The monoisotopic (exact) mass is 450 g/mol. The molecule has 4 aromatic rings. The molecule has 1 N–H and O–H groups in total. The van der Waals surface area contributed by atoms with E-state index in [1.807, 2.05) is 91.9 Å². The lowest BCUT2D eigenvalue weighted by Crippen LogP contribution is -2.30. The summed E-state index contributed by atoms with van der Waals surface area (Å²) in [6, 6.07) is 31.2. The minimum absolute atomic E-state index is 0.00985. The van der Waals surface area contributed by atoms with Gasteiger partial charge in [-0.3, -0.25) is 9.59 Å². The number of hydrogen-bond donors (Lipinski definition) is 1. The number of carbonyl (C=O) groups excluding carboxylic acids is 2. The van der Waals surface area contributed by atoms with Crippen LogP contribution in [-0.4, -0.2) is 23.3 Å². The van der Waals surface area contributed by atoms with E-state index < -0.39 is 0 Å². The number of hydrogen-bond acceptors (Lipinski definition) is 3. The topological polar surface area (TPSA) is 58.6 Å². The average molecular weight is 451 g/mol. The summed E-state index contributed by atoms with van der Waals surface area (Å²) in [5.74, 6) is 0.946. The van der Waals surface area contributed by atoms with Crippen LogP contribution in [0.5, 0.6) is 11.5 Å². The number of ether oxygens (including phenoxy) is 1. The zero-order chi connectivity index (χ0) is 23.5. The molecule has 170 valence electrons. The van der Waals surface area contributed by atoms with E-state index >= 15 is 0 Å². The summed E-state index contributed by atoms with van der Waals surface area (Å²) < 4.78 is 5.98. The molecule has 4 aromatic carbocycles. The van der Waals surface area contributed by atoms with Gasteiger partial charge in [-0.05, 0) is 59.7 Å². The molecule has 0 bridgehead atoms. The number of fused-ring (bicyclic) bond motifs is 1. The van der Waals surface area contributed by atoms with E-state index in [2.05, 4.69) is 17.4 Å². The van der Waals surface area contributed by atoms with Gasteiger partial charge in [-0.1, -0.05) is 60.7 Å². The van der Waals surface area contributed by atoms with Gasteiger partial charge in [0.15, 0.2) is 0 Å². The zero-order valence-electron chi connectivity index (χ0n) is 19.0. The lowest BCUT2D eigenvalue weighted by molar-refractivity contribution is -0.129. The Morgan fingerprint density at radius 1 is 0.882 bits per heavy atom. The molecule has 0 spiro atoms. The molecular weight excluding hydrogens is 424 g/mol. The molecular formula is C29H26N2O3. The quantitative estimate of drug-likeness (QED) is 0.382. The zero-order valence-corrected chi connectivity index (χ0v) is 19.0. The van der Waals surface area contributed by atoms with Gasteiger partial charge in [0.05, 0.1) is 12.0 Å². The van der Waals surface area contributed by atoms with Crippen molar-refractivity contribution < 1.29 is 14.3 Å². The van der Waals surface area contributed by atoms with E-state index in [0.717, 1.165) is 22.1 Å². The number of likely N-dealkylation sites (tertiary alicyclic amines) is 1. The number of anilines is 1. The molecule has 0 aromatic heterocycles. The summed E-state index contributed by atoms with van der Waals surface area (Å²) in [5, 5.41) is 5.22. The predicted molar refractivity (Wildman–Crippen MR) is 134 cm³/mol. The van der Waals surface area contributed by atoms with Crippen LogP contribution in [0.2, 0.25) is 0 Å². The van der Waals surface area contributed by atoms with E-state index in [-0.39, 0.29) is 30.2 Å². The first-order chi connectivity index (χ1) is 16.6. The third-order valence-electron chi connectivity index (χ3n) is 6.36. The van der Waals surface area contributed by atoms with Crippen molar-refractivity contribution >= 4 is 28.3 Å². The summed E-state index contributed by atoms with van der Waals surface area (Å²) in [6.45, 7) is 2.42. The molecule has 2 atom stereocenters. The van der Waals surface area contributed by atoms with Crippen molar-refractivity contribution in [2.75, 3.05) is 11.9 Å². The Labute approximate surface area is 199 Å². The van der Waals surface area contributed by atoms with Gasteiger partial charge in [0.2, 0.25) is 11.8 Å². The first-order valence-corrected chi connectivity index (χ1v) is 11.5. The van der Waals surface area contributed by atoms with Crippen LogP contribution in [0.15, 0.2) is 97.1 Å². The predicted octanol–water partition coefficient (Wildman–Crippen LogP) is 6.18. The molecule has 1 saturated heterocycles. The van der Waals surface area contributed by atoms with Crippen molar-refractivity contribution in [3.05, 3.63) is 103 Å². The maximum Gasteiger partial charge on any atom is 0.229 e. The summed E-state index contributed by atoms with van der Waals surface area (Å²) in [4.78, 5) is 27.2. The van der Waals surface area contributed by atoms with Crippen LogP contribution in [0, 0.1) is 5.92 Å². The minimum Gasteiger partial charge on any atom is -0.457 e. The Balaban J connectivity index is 1.20. The van der Waals surface area contributed by atoms with Gasteiger partial charge in [0.1, 0.15) is 11.5 Å². The van der Waals surface area contributed by atoms with Crippen molar-refractivity contribution in [3.8, 4) is 11.5 Å². The molecule has 2 amide bonds. The highest BCUT2D eigenvalue weighted by molar-refractivity contribution is 5.97. The fraction of sp³-hybridized carbons (Fsp3) is 0.172. The smallest absolute Gasteiger partial charge is 0.229 e. The molecule has 0 saturated carbocycles. The Morgan fingerprint density at radius 3 is 2.32 bits per heavy atom. The first-order valence-electron chi connectivity index (χ1n) is 11.5. The summed E-state index contributed by atoms with van der Waals surface area (Å²) in [5.41, 5.74) is 1.75. The molecule has 0 aliphatic carbocycles. The van der Waals surface area contributed by atoms with Crippen LogP contribution in [0.4, 0.5) is 5.69 Å². The molecule has 1 aliphatic heterocycles. The van der Waals surface area contributed by atoms with Crippen LogP contribution in [-0.2, 0) is 9.59 Å². The maximum absolute atomic E-state index is 12.8. The van der Waals surface area contributed by atoms with Crippen LogP contribution in [0.25, 0.3) is 10.8 Å². The average Bonchev–Trinajstić information content (AvgIpc) is 3.27. The molecule has 0 radical (unpaired) electrons. The number of carbonyl (C=O) groups is 2. The van der Waals surface area contributed by atoms with Crippen molar-refractivity contribution in [2.45, 2.75) is 19.4 Å². The fourth-order valence-electron chi connectivity index (χ4n) is 4.41. The largest absolute Gasteiger partial charge is 0.457 e. The number of nitrogens with zero attached hydrogens (tertiary/aromatic N) is 1. The third-order valence-corrected chi connectivity index (χ3v) is 6.36. The van der Waals surface area contributed by atoms with Gasteiger partial charge in [-0.15, -0.1) is 0 Å². The van der Waals surface area contributed by atoms with Gasteiger partial charge in [0, 0.05) is 18.7 Å². The Morgan fingerprint density at radius 2 is 1.56 bits per heavy atom. The SMILES string of the molecule is C[C@@H](c1ccccc1)N1C[C@H](C(=O)Nc2ccc(Oc3ccc4ccccc4c3)cc2)CC1=O. The van der Waals surface area contributed by atoms with Crippen LogP contribution < -0.4 is 10.1 Å². The van der Waals surface area contributed by atoms with Crippen LogP contribution >= 0.6 is 0 Å². The molecule has 1 fully saturated rings. The molecule has 1 aliphatic rings. The minimum atomic E-state index is -0.368. The maximum atomic E-state index is 12.8. The van der Waals surface area contributed by atoms with Gasteiger partial charge in [-0.25, -0.2) is 0 Å². The lowest BCUT2D eigenvalue weighted by Gasteiger charge is -2.25. The summed E-state index contributed by atoms with van der Waals surface area (Å²) in [7, 11) is 0. The second kappa shape index (κ2) is 9.40. The molecule has 34 heavy (non-hydrogen) atoms. The highest BCUT2D eigenvalue weighted by atomic mass is 16.5. The van der Waals surface area contributed by atoms with Gasteiger partial charge < -0.3 is 15.0 Å². The van der Waals surface area contributed by atoms with Gasteiger partial charge >= 0.3 is 0 Å². The summed E-state index contributed by atoms with van der Waals surface area (Å²) in [6.07, 6.45) is 0.228. The van der Waals surface area contributed by atoms with Crippen molar-refractivity contribution in [2.24, 2.45) is 5.92 Å². The van der Waals surface area contributed by atoms with Gasteiger partial charge in [0.25, 0.3) is 0 Å². The second-order valence-electron chi connectivity index (χ2n) is 8.66. The van der Waals surface area contributed by atoms with E-state index in [1.165, 1.54) is 0 Å². The number of benzene rings is 4. The number of nitrogens with one attached hydrogen (secondary N) is 1. The van der Waals surface area contributed by atoms with Crippen molar-refractivity contribution in [1.29, 1.82) is 0 Å². The number of rotatable bonds is 6. The van der Waals surface area contributed by atoms with E-state index in [4.69, 9.17) is 4.74 Å². The van der Waals surface area contributed by atoms with E-state index in [9.17, 15) is 9.59 Å². The fourth-order valence-corrected chi connectivity index (χ4v) is 4.41. The van der Waals surface area contributed by atoms with E-state index in [1.54, 1.807) is 4.90 Å². The Kier molecular flexibility index (Phi) is 6.00. The Bertz CT molecular complexity index is 1320. The second-order valence-corrected chi connectivity index (χ2v) is 8.66. The Hall–Kier alpha value is -4.12. The molecule has 5 heteroatoms. The summed E-state index contributed by atoms with van der Waals surface area (Å²) >= 11 is 0. The third kappa shape index (κ3) is 4.64. The standard InChI is InChI=1S/C29H26N2O3/c1-20(21-7-3-2-4-8-21)31-19-24(18-28(31)32)29(33)30-25-12-15-26(16-13-25)34-27-14-11-22-9-5-6-10-23(22)17-27/h2-17,20,24H,18-19H2,1H3,(H,30,33)/t20-,24+/m0/s1. The highest BCUT2D eigenvalue weighted by Crippen LogP contribution is 2.30. The molecule has 0 unspecified atom stereocenters. The van der Waals surface area contributed by atoms with Crippen molar-refractivity contribution in [1.82, 2.24) is 4.90 Å². The van der Waals surface area contributed by atoms with E-state index in [0.29, 0.717) is 18.0 Å². The molecule has 5 rings (SSSR count). The van der Waals surface area contributed by atoms with Gasteiger partial charge in [-0.2, -0.15) is 0 Å². The number of amides is 2.